The average molecular weight is 254 g/mol. The van der Waals surface area contributed by atoms with Crippen LogP contribution in [-0.4, -0.2) is 43.4 Å². The van der Waals surface area contributed by atoms with E-state index in [1.807, 2.05) is 13.8 Å². The summed E-state index contributed by atoms with van der Waals surface area (Å²) in [5.74, 6) is 2.22. The zero-order valence-electron chi connectivity index (χ0n) is 11.3. The average Bonchev–Trinajstić information content (AvgIpc) is 2.33. The van der Waals surface area contributed by atoms with E-state index in [2.05, 4.69) is 15.3 Å². The fourth-order valence-corrected chi connectivity index (χ4v) is 1.33. The molecule has 3 N–H and O–H groups in total. The van der Waals surface area contributed by atoms with Crippen LogP contribution in [-0.2, 0) is 9.47 Å². The van der Waals surface area contributed by atoms with Gasteiger partial charge < -0.3 is 20.5 Å². The van der Waals surface area contributed by atoms with Gasteiger partial charge in [-0.2, -0.15) is 0 Å². The summed E-state index contributed by atoms with van der Waals surface area (Å²) in [4.78, 5) is 8.57. The summed E-state index contributed by atoms with van der Waals surface area (Å²) in [5, 5.41) is 3.16. The Kier molecular flexibility index (Phi) is 6.38. The van der Waals surface area contributed by atoms with Crippen LogP contribution in [0.1, 0.15) is 25.6 Å². The van der Waals surface area contributed by atoms with Gasteiger partial charge in [0.15, 0.2) is 0 Å². The summed E-state index contributed by atoms with van der Waals surface area (Å²) >= 11 is 0. The van der Waals surface area contributed by atoms with Crippen molar-refractivity contribution in [3.63, 3.8) is 0 Å². The Morgan fingerprint density at radius 2 is 2.06 bits per heavy atom. The number of anilines is 2. The maximum absolute atomic E-state index is 5.73. The maximum atomic E-state index is 5.73. The smallest absolute Gasteiger partial charge is 0.135 e. The van der Waals surface area contributed by atoms with Crippen LogP contribution in [0.25, 0.3) is 0 Å². The van der Waals surface area contributed by atoms with E-state index in [1.54, 1.807) is 13.2 Å². The minimum absolute atomic E-state index is 0.256. The zero-order valence-corrected chi connectivity index (χ0v) is 11.3. The molecule has 0 saturated carbocycles. The topological polar surface area (TPSA) is 82.3 Å². The van der Waals surface area contributed by atoms with E-state index in [4.69, 9.17) is 15.2 Å². The van der Waals surface area contributed by atoms with E-state index in [0.29, 0.717) is 32.2 Å². The van der Waals surface area contributed by atoms with Crippen molar-refractivity contribution >= 4 is 11.6 Å². The zero-order chi connectivity index (χ0) is 13.4. The Bertz CT molecular complexity index is 358. The molecule has 18 heavy (non-hydrogen) atoms. The fourth-order valence-electron chi connectivity index (χ4n) is 1.33. The van der Waals surface area contributed by atoms with Crippen molar-refractivity contribution in [2.24, 2.45) is 0 Å². The first-order chi connectivity index (χ1) is 8.63. The molecule has 0 aliphatic rings. The van der Waals surface area contributed by atoms with Crippen LogP contribution in [0, 0.1) is 0 Å². The summed E-state index contributed by atoms with van der Waals surface area (Å²) in [6.07, 6.45) is 0. The number of nitrogens with two attached hydrogens (primary N) is 1. The van der Waals surface area contributed by atoms with Crippen molar-refractivity contribution in [1.29, 1.82) is 0 Å². The lowest BCUT2D eigenvalue weighted by Gasteiger charge is -2.10. The van der Waals surface area contributed by atoms with Crippen LogP contribution in [0.2, 0.25) is 0 Å². The summed E-state index contributed by atoms with van der Waals surface area (Å²) in [7, 11) is 1.65. The standard InChI is InChI=1S/C12H22N4O2/c1-9(2)12-15-10(13)8-11(16-12)14-4-5-18-7-6-17-3/h8-9H,4-7H2,1-3H3,(H3,13,14,15,16). The lowest BCUT2D eigenvalue weighted by Crippen LogP contribution is -2.14. The summed E-state index contributed by atoms with van der Waals surface area (Å²) in [5.41, 5.74) is 5.73. The Labute approximate surface area is 108 Å². The summed E-state index contributed by atoms with van der Waals surface area (Å²) < 4.78 is 10.2. The van der Waals surface area contributed by atoms with Gasteiger partial charge >= 0.3 is 0 Å². The highest BCUT2D eigenvalue weighted by Crippen LogP contribution is 2.14. The van der Waals surface area contributed by atoms with Gasteiger partial charge in [-0.1, -0.05) is 13.8 Å². The second kappa shape index (κ2) is 7.84. The van der Waals surface area contributed by atoms with Gasteiger partial charge in [0, 0.05) is 25.6 Å². The van der Waals surface area contributed by atoms with Crippen LogP contribution in [0.5, 0.6) is 0 Å². The minimum atomic E-state index is 0.256. The van der Waals surface area contributed by atoms with Gasteiger partial charge in [-0.25, -0.2) is 9.97 Å². The Morgan fingerprint density at radius 1 is 1.28 bits per heavy atom. The SMILES string of the molecule is COCCOCCNc1cc(N)nc(C(C)C)n1. The maximum Gasteiger partial charge on any atom is 0.135 e. The highest BCUT2D eigenvalue weighted by Gasteiger charge is 2.05. The lowest BCUT2D eigenvalue weighted by atomic mass is 10.2. The second-order valence-corrected chi connectivity index (χ2v) is 4.22. The molecule has 0 bridgehead atoms. The van der Waals surface area contributed by atoms with Crippen molar-refractivity contribution in [2.75, 3.05) is 44.5 Å². The van der Waals surface area contributed by atoms with Gasteiger partial charge in [-0.3, -0.25) is 0 Å². The molecule has 0 radical (unpaired) electrons. The molecule has 0 atom stereocenters. The van der Waals surface area contributed by atoms with Crippen molar-refractivity contribution in [3.05, 3.63) is 11.9 Å². The van der Waals surface area contributed by atoms with Gasteiger partial charge in [-0.15, -0.1) is 0 Å². The minimum Gasteiger partial charge on any atom is -0.384 e. The lowest BCUT2D eigenvalue weighted by molar-refractivity contribution is 0.0759. The van der Waals surface area contributed by atoms with Crippen LogP contribution in [0.4, 0.5) is 11.6 Å². The molecule has 1 aromatic heterocycles. The molecule has 6 nitrogen and oxygen atoms in total. The van der Waals surface area contributed by atoms with Crippen molar-refractivity contribution in [1.82, 2.24) is 9.97 Å². The Hall–Kier alpha value is -1.40. The molecule has 0 fully saturated rings. The molecule has 0 aliphatic carbocycles. The third-order valence-electron chi connectivity index (χ3n) is 2.26. The van der Waals surface area contributed by atoms with E-state index in [1.165, 1.54) is 0 Å². The molecule has 1 heterocycles. The Balaban J connectivity index is 2.37. The number of hydrogen-bond donors (Lipinski definition) is 2. The van der Waals surface area contributed by atoms with Crippen LogP contribution >= 0.6 is 0 Å². The van der Waals surface area contributed by atoms with E-state index < -0.39 is 0 Å². The number of methoxy groups -OCH3 is 1. The number of hydrogen-bond acceptors (Lipinski definition) is 6. The van der Waals surface area contributed by atoms with E-state index >= 15 is 0 Å². The highest BCUT2D eigenvalue weighted by molar-refractivity contribution is 5.44. The number of rotatable bonds is 8. The molecule has 0 unspecified atom stereocenters. The quantitative estimate of drug-likeness (QED) is 0.680. The molecule has 0 saturated heterocycles. The molecule has 0 aromatic carbocycles. The molecular weight excluding hydrogens is 232 g/mol. The van der Waals surface area contributed by atoms with Gasteiger partial charge in [0.2, 0.25) is 0 Å². The summed E-state index contributed by atoms with van der Waals surface area (Å²) in [6, 6.07) is 1.72. The molecular formula is C12H22N4O2. The number of nitrogen functional groups attached to an aromatic ring is 1. The van der Waals surface area contributed by atoms with Crippen molar-refractivity contribution in [2.45, 2.75) is 19.8 Å². The number of nitrogens with zero attached hydrogens (tertiary/aromatic N) is 2. The third-order valence-corrected chi connectivity index (χ3v) is 2.26. The predicted octanol–water partition coefficient (Wildman–Crippen LogP) is 1.26. The largest absolute Gasteiger partial charge is 0.384 e. The van der Waals surface area contributed by atoms with Gasteiger partial charge in [0.05, 0.1) is 19.8 Å². The predicted molar refractivity (Wildman–Crippen MR) is 71.7 cm³/mol. The number of nitrogens with one attached hydrogen (secondary N) is 1. The second-order valence-electron chi connectivity index (χ2n) is 4.22. The normalized spacial score (nSPS) is 10.9. The molecule has 1 aromatic rings. The number of ether oxygens (including phenoxy) is 2. The van der Waals surface area contributed by atoms with Crippen LogP contribution in [0.3, 0.4) is 0 Å². The first kappa shape index (κ1) is 14.7. The molecule has 0 amide bonds. The number of aromatic nitrogens is 2. The molecule has 102 valence electrons. The molecule has 1 rings (SSSR count). The highest BCUT2D eigenvalue weighted by atomic mass is 16.5. The third kappa shape index (κ3) is 5.29. The molecule has 6 heteroatoms. The first-order valence-corrected chi connectivity index (χ1v) is 6.08. The van der Waals surface area contributed by atoms with E-state index in [-0.39, 0.29) is 5.92 Å². The van der Waals surface area contributed by atoms with Crippen molar-refractivity contribution in [3.8, 4) is 0 Å². The molecule has 0 spiro atoms. The first-order valence-electron chi connectivity index (χ1n) is 6.08. The monoisotopic (exact) mass is 254 g/mol. The molecule has 0 aliphatic heterocycles. The van der Waals surface area contributed by atoms with Gasteiger partial charge in [-0.05, 0) is 0 Å². The summed E-state index contributed by atoms with van der Waals surface area (Å²) in [6.45, 7) is 6.56. The Morgan fingerprint density at radius 3 is 2.72 bits per heavy atom. The fraction of sp³-hybridized carbons (Fsp3) is 0.667. The van der Waals surface area contributed by atoms with E-state index in [0.717, 1.165) is 11.6 Å². The van der Waals surface area contributed by atoms with Gasteiger partial charge in [0.25, 0.3) is 0 Å². The van der Waals surface area contributed by atoms with Crippen molar-refractivity contribution < 1.29 is 9.47 Å². The van der Waals surface area contributed by atoms with Crippen LogP contribution in [0.15, 0.2) is 6.07 Å². The van der Waals surface area contributed by atoms with Gasteiger partial charge in [0.1, 0.15) is 17.5 Å². The van der Waals surface area contributed by atoms with Crippen LogP contribution < -0.4 is 11.1 Å². The van der Waals surface area contributed by atoms with E-state index in [9.17, 15) is 0 Å².